The first-order chi connectivity index (χ1) is 15.6. The van der Waals surface area contributed by atoms with Crippen molar-refractivity contribution in [2.75, 3.05) is 0 Å². The normalized spacial score (nSPS) is 47.5. The number of hydrogen-bond donors (Lipinski definition) is 2. The first-order valence-electron chi connectivity index (χ1n) is 14.4. The topological polar surface area (TPSA) is 64.2 Å². The van der Waals surface area contributed by atoms with Crippen molar-refractivity contribution in [2.45, 2.75) is 130 Å². The zero-order chi connectivity index (χ0) is 24.0. The van der Waals surface area contributed by atoms with E-state index < -0.39 is 11.7 Å². The summed E-state index contributed by atoms with van der Waals surface area (Å²) in [5, 5.41) is 30.8. The molecule has 0 spiro atoms. The lowest BCUT2D eigenvalue weighted by atomic mass is 9.43. The maximum Gasteiger partial charge on any atom is 0.0720 e. The summed E-state index contributed by atoms with van der Waals surface area (Å²) >= 11 is 0. The Bertz CT molecular complexity index is 731. The van der Waals surface area contributed by atoms with E-state index in [9.17, 15) is 15.5 Å². The number of aliphatic hydroxyl groups excluding tert-OH is 1. The molecule has 0 aromatic carbocycles. The van der Waals surface area contributed by atoms with Crippen molar-refractivity contribution in [2.24, 2.45) is 52.3 Å². The second-order valence-corrected chi connectivity index (χ2v) is 13.4. The van der Waals surface area contributed by atoms with Gasteiger partial charge in [-0.3, -0.25) is 0 Å². The molecule has 0 aromatic rings. The fourth-order valence-corrected chi connectivity index (χ4v) is 9.90. The van der Waals surface area contributed by atoms with Crippen LogP contribution in [0.5, 0.6) is 0 Å². The molecule has 4 aliphatic carbocycles. The van der Waals surface area contributed by atoms with Crippen LogP contribution in [0, 0.1) is 63.6 Å². The zero-order valence-corrected chi connectivity index (χ0v) is 22.2. The van der Waals surface area contributed by atoms with E-state index in [1.807, 2.05) is 6.92 Å². The Morgan fingerprint density at radius 1 is 0.939 bits per heavy atom. The van der Waals surface area contributed by atoms with Crippen molar-refractivity contribution in [1.29, 1.82) is 5.26 Å². The molecular formula is C30H51NO2. The Labute approximate surface area is 203 Å². The fourth-order valence-electron chi connectivity index (χ4n) is 9.90. The van der Waals surface area contributed by atoms with Crippen molar-refractivity contribution >= 4 is 0 Å². The third-order valence-electron chi connectivity index (χ3n) is 12.2. The van der Waals surface area contributed by atoms with Crippen molar-refractivity contribution in [3.63, 3.8) is 0 Å². The highest BCUT2D eigenvalue weighted by Crippen LogP contribution is 2.69. The molecule has 33 heavy (non-hydrogen) atoms. The van der Waals surface area contributed by atoms with E-state index in [2.05, 4.69) is 33.8 Å². The highest BCUT2D eigenvalue weighted by molar-refractivity contribution is 5.11. The monoisotopic (exact) mass is 457 g/mol. The van der Waals surface area contributed by atoms with Gasteiger partial charge in [0.15, 0.2) is 0 Å². The van der Waals surface area contributed by atoms with Crippen LogP contribution >= 0.6 is 0 Å². The molecule has 4 aliphatic rings. The largest absolute Gasteiger partial charge is 0.392 e. The molecule has 4 fully saturated rings. The fraction of sp³-hybridized carbons (Fsp3) is 0.967. The molecular weight excluding hydrogens is 406 g/mol. The van der Waals surface area contributed by atoms with E-state index in [1.54, 1.807) is 0 Å². The summed E-state index contributed by atoms with van der Waals surface area (Å²) < 4.78 is 0. The Kier molecular flexibility index (Phi) is 7.31. The van der Waals surface area contributed by atoms with Crippen LogP contribution in [0.2, 0.25) is 0 Å². The van der Waals surface area contributed by atoms with Gasteiger partial charge in [-0.2, -0.15) is 5.26 Å². The number of nitriles is 1. The predicted molar refractivity (Wildman–Crippen MR) is 134 cm³/mol. The lowest BCUT2D eigenvalue weighted by Crippen LogP contribution is -2.56. The third kappa shape index (κ3) is 4.31. The molecule has 4 saturated carbocycles. The molecule has 0 unspecified atom stereocenters. The van der Waals surface area contributed by atoms with Gasteiger partial charge in [-0.15, -0.1) is 0 Å². The number of aliphatic hydroxyl groups is 2. The average Bonchev–Trinajstić information content (AvgIpc) is 3.16. The zero-order valence-electron chi connectivity index (χ0n) is 22.2. The van der Waals surface area contributed by atoms with Crippen molar-refractivity contribution < 1.29 is 10.2 Å². The van der Waals surface area contributed by atoms with Crippen molar-refractivity contribution in [1.82, 2.24) is 0 Å². The highest BCUT2D eigenvalue weighted by atomic mass is 16.3. The number of fused-ring (bicyclic) bond motifs is 5. The first-order valence-corrected chi connectivity index (χ1v) is 14.4. The Morgan fingerprint density at radius 2 is 1.67 bits per heavy atom. The molecule has 2 N–H and O–H groups in total. The van der Waals surface area contributed by atoms with Gasteiger partial charge in [0.2, 0.25) is 0 Å². The first kappa shape index (κ1) is 25.5. The van der Waals surface area contributed by atoms with E-state index in [-0.39, 0.29) is 5.92 Å². The molecule has 0 heterocycles. The SMILES string of the molecule is CC[C@@H](C#N)[C@@H](O)CC[C@@H](C)[C@H]1CC[C@H]2[C@@H]3CC[C@H]4C[C@](O)(CC)CC[C@]4(C)[C@H]3CC[C@]12C. The molecule has 11 atom stereocenters. The van der Waals surface area contributed by atoms with Crippen LogP contribution in [-0.4, -0.2) is 21.9 Å². The van der Waals surface area contributed by atoms with Gasteiger partial charge in [-0.25, -0.2) is 0 Å². The van der Waals surface area contributed by atoms with Gasteiger partial charge in [0, 0.05) is 0 Å². The third-order valence-corrected chi connectivity index (χ3v) is 12.2. The molecule has 0 amide bonds. The summed E-state index contributed by atoms with van der Waals surface area (Å²) in [6.45, 7) is 11.8. The van der Waals surface area contributed by atoms with Crippen LogP contribution in [0.1, 0.15) is 118 Å². The van der Waals surface area contributed by atoms with Crippen LogP contribution in [-0.2, 0) is 0 Å². The summed E-state index contributed by atoms with van der Waals surface area (Å²) in [5.74, 6) is 4.49. The molecule has 3 heteroatoms. The van der Waals surface area contributed by atoms with Gasteiger partial charge in [0.1, 0.15) is 0 Å². The van der Waals surface area contributed by atoms with E-state index in [1.165, 1.54) is 44.9 Å². The predicted octanol–water partition coefficient (Wildman–Crippen LogP) is 7.11. The van der Waals surface area contributed by atoms with Crippen LogP contribution in [0.25, 0.3) is 0 Å². The Morgan fingerprint density at radius 3 is 2.33 bits per heavy atom. The summed E-state index contributed by atoms with van der Waals surface area (Å²) in [4.78, 5) is 0. The van der Waals surface area contributed by atoms with Gasteiger partial charge in [0.25, 0.3) is 0 Å². The number of hydrogen-bond acceptors (Lipinski definition) is 3. The molecule has 0 radical (unpaired) electrons. The van der Waals surface area contributed by atoms with Crippen LogP contribution in [0.3, 0.4) is 0 Å². The maximum atomic E-state index is 11.0. The molecule has 188 valence electrons. The van der Waals surface area contributed by atoms with E-state index in [0.29, 0.717) is 22.7 Å². The van der Waals surface area contributed by atoms with Crippen molar-refractivity contribution in [3.8, 4) is 6.07 Å². The average molecular weight is 458 g/mol. The van der Waals surface area contributed by atoms with Crippen LogP contribution in [0.15, 0.2) is 0 Å². The van der Waals surface area contributed by atoms with Crippen LogP contribution < -0.4 is 0 Å². The summed E-state index contributed by atoms with van der Waals surface area (Å²) in [5.41, 5.74) is 0.486. The van der Waals surface area contributed by atoms with Gasteiger partial charge in [-0.1, -0.05) is 34.6 Å². The van der Waals surface area contributed by atoms with Crippen LogP contribution in [0.4, 0.5) is 0 Å². The molecule has 4 rings (SSSR count). The minimum atomic E-state index is -0.466. The van der Waals surface area contributed by atoms with E-state index in [0.717, 1.165) is 62.2 Å². The minimum Gasteiger partial charge on any atom is -0.392 e. The van der Waals surface area contributed by atoms with Gasteiger partial charge in [0.05, 0.1) is 23.7 Å². The van der Waals surface area contributed by atoms with Gasteiger partial charge in [-0.05, 0) is 130 Å². The molecule has 0 bridgehead atoms. The summed E-state index contributed by atoms with van der Waals surface area (Å²) in [7, 11) is 0. The maximum absolute atomic E-state index is 11.0. The lowest BCUT2D eigenvalue weighted by molar-refractivity contribution is -0.152. The summed E-state index contributed by atoms with van der Waals surface area (Å²) in [6, 6.07) is 2.30. The molecule has 0 saturated heterocycles. The standard InChI is InChI=1S/C30H51NO2/c1-6-21(19-31)27(32)13-8-20(3)24-11-12-25-23-10-9-22-18-30(33,7-2)17-16-28(22,4)26(23)14-15-29(24,25)5/h20-27,32-33H,6-18H2,1-5H3/t20-,21+,22+,23+,24-,25+,26+,27+,28+,29-,30+/m1/s1. The molecule has 3 nitrogen and oxygen atoms in total. The minimum absolute atomic E-state index is 0.212. The number of nitrogens with zero attached hydrogens (tertiary/aromatic N) is 1. The second-order valence-electron chi connectivity index (χ2n) is 13.4. The molecule has 0 aliphatic heterocycles. The second kappa shape index (κ2) is 9.46. The van der Waals surface area contributed by atoms with Crippen molar-refractivity contribution in [3.05, 3.63) is 0 Å². The lowest BCUT2D eigenvalue weighted by Gasteiger charge is -2.62. The summed E-state index contributed by atoms with van der Waals surface area (Å²) in [6.07, 6.45) is 14.5. The van der Waals surface area contributed by atoms with Gasteiger partial charge >= 0.3 is 0 Å². The quantitative estimate of drug-likeness (QED) is 0.428. The Balaban J connectivity index is 1.43. The Hall–Kier alpha value is -0.590. The van der Waals surface area contributed by atoms with Gasteiger partial charge < -0.3 is 10.2 Å². The highest BCUT2D eigenvalue weighted by Gasteiger charge is 2.61. The molecule has 0 aromatic heterocycles. The number of rotatable bonds is 7. The smallest absolute Gasteiger partial charge is 0.0720 e. The van der Waals surface area contributed by atoms with E-state index >= 15 is 0 Å². The van der Waals surface area contributed by atoms with E-state index in [4.69, 9.17) is 0 Å².